The van der Waals surface area contributed by atoms with Crippen LogP contribution in [-0.4, -0.2) is 36.5 Å². The number of carbonyl (C=O) groups is 1. The van der Waals surface area contributed by atoms with Gasteiger partial charge in [0.25, 0.3) is 0 Å². The van der Waals surface area contributed by atoms with Gasteiger partial charge < -0.3 is 16.0 Å². The van der Waals surface area contributed by atoms with E-state index < -0.39 is 0 Å². The highest BCUT2D eigenvalue weighted by atomic mass is 35.5. The number of hydrogen-bond donors (Lipinski definition) is 2. The molecule has 104 valence electrons. The van der Waals surface area contributed by atoms with Crippen molar-refractivity contribution in [1.29, 1.82) is 0 Å². The summed E-state index contributed by atoms with van der Waals surface area (Å²) < 4.78 is 0. The maximum Gasteiger partial charge on any atom is 0.225 e. The van der Waals surface area contributed by atoms with Crippen molar-refractivity contribution in [1.82, 2.24) is 4.90 Å². The maximum atomic E-state index is 11.9. The summed E-state index contributed by atoms with van der Waals surface area (Å²) >= 11 is 12.0. The van der Waals surface area contributed by atoms with Gasteiger partial charge in [-0.05, 0) is 25.1 Å². The number of carbonyl (C=O) groups excluding carboxylic acids is 1. The van der Waals surface area contributed by atoms with E-state index in [1.165, 1.54) is 0 Å². The molecule has 4 nitrogen and oxygen atoms in total. The van der Waals surface area contributed by atoms with Crippen molar-refractivity contribution in [3.05, 3.63) is 28.2 Å². The highest BCUT2D eigenvalue weighted by Gasteiger charge is 2.19. The predicted octanol–water partition coefficient (Wildman–Crippen LogP) is 2.36. The molecule has 0 radical (unpaired) electrons. The number of benzene rings is 1. The van der Waals surface area contributed by atoms with Crippen LogP contribution in [0.15, 0.2) is 18.2 Å². The van der Waals surface area contributed by atoms with Gasteiger partial charge in [0.15, 0.2) is 0 Å². The van der Waals surface area contributed by atoms with Crippen molar-refractivity contribution >= 4 is 34.8 Å². The van der Waals surface area contributed by atoms with Gasteiger partial charge in [-0.3, -0.25) is 4.79 Å². The molecule has 0 aromatic heterocycles. The summed E-state index contributed by atoms with van der Waals surface area (Å²) in [6, 6.07) is 5.37. The molecule has 3 N–H and O–H groups in total. The third-order valence-corrected chi connectivity index (χ3v) is 3.82. The molecule has 1 aromatic carbocycles. The Hall–Kier alpha value is -0.810. The van der Waals surface area contributed by atoms with Crippen LogP contribution >= 0.6 is 23.2 Å². The second-order valence-electron chi connectivity index (χ2n) is 4.74. The largest absolute Gasteiger partial charge is 0.326 e. The van der Waals surface area contributed by atoms with Gasteiger partial charge in [0.2, 0.25) is 5.91 Å². The average Bonchev–Trinajstić information content (AvgIpc) is 2.77. The molecule has 0 bridgehead atoms. The first-order valence-electron chi connectivity index (χ1n) is 6.28. The van der Waals surface area contributed by atoms with Gasteiger partial charge in [-0.25, -0.2) is 0 Å². The molecular weight excluding hydrogens is 285 g/mol. The first kappa shape index (κ1) is 14.6. The fourth-order valence-corrected chi connectivity index (χ4v) is 2.64. The van der Waals surface area contributed by atoms with Crippen LogP contribution in [0.2, 0.25) is 10.0 Å². The lowest BCUT2D eigenvalue weighted by Gasteiger charge is -2.15. The summed E-state index contributed by atoms with van der Waals surface area (Å²) in [5.74, 6) is -0.0875. The van der Waals surface area contributed by atoms with Crippen LogP contribution in [0.25, 0.3) is 0 Å². The van der Waals surface area contributed by atoms with Crippen molar-refractivity contribution in [2.24, 2.45) is 5.73 Å². The van der Waals surface area contributed by atoms with E-state index in [2.05, 4.69) is 10.2 Å². The van der Waals surface area contributed by atoms with Gasteiger partial charge in [-0.1, -0.05) is 29.3 Å². The molecule has 1 unspecified atom stereocenters. The molecule has 1 saturated heterocycles. The van der Waals surface area contributed by atoms with Crippen LogP contribution in [0.5, 0.6) is 0 Å². The molecule has 2 rings (SSSR count). The van der Waals surface area contributed by atoms with Crippen LogP contribution in [0.4, 0.5) is 5.69 Å². The average molecular weight is 302 g/mol. The summed E-state index contributed by atoms with van der Waals surface area (Å²) in [6.07, 6.45) is 1.41. The topological polar surface area (TPSA) is 58.4 Å². The number of rotatable bonds is 4. The van der Waals surface area contributed by atoms with E-state index in [0.29, 0.717) is 28.7 Å². The Morgan fingerprint density at radius 1 is 1.42 bits per heavy atom. The lowest BCUT2D eigenvalue weighted by atomic mass is 10.3. The summed E-state index contributed by atoms with van der Waals surface area (Å²) in [5.41, 5.74) is 6.30. The molecule has 6 heteroatoms. The van der Waals surface area contributed by atoms with Gasteiger partial charge in [0, 0.05) is 25.6 Å². The highest BCUT2D eigenvalue weighted by Crippen LogP contribution is 2.29. The van der Waals surface area contributed by atoms with Crippen molar-refractivity contribution < 1.29 is 4.79 Å². The summed E-state index contributed by atoms with van der Waals surface area (Å²) in [7, 11) is 0. The van der Waals surface area contributed by atoms with E-state index in [1.54, 1.807) is 18.2 Å². The molecule has 1 aliphatic heterocycles. The van der Waals surface area contributed by atoms with Gasteiger partial charge in [0.1, 0.15) is 0 Å². The standard InChI is InChI=1S/C13H17Cl2N3O/c14-10-2-1-3-11(15)13(10)17-12(19)5-7-18-6-4-9(16)8-18/h1-3,9H,4-8,16H2,(H,17,19). The Kier molecular flexibility index (Phi) is 5.05. The monoisotopic (exact) mass is 301 g/mol. The number of nitrogens with one attached hydrogen (secondary N) is 1. The number of halogens is 2. The van der Waals surface area contributed by atoms with E-state index in [-0.39, 0.29) is 11.9 Å². The van der Waals surface area contributed by atoms with E-state index in [9.17, 15) is 4.79 Å². The van der Waals surface area contributed by atoms with E-state index in [4.69, 9.17) is 28.9 Å². The Morgan fingerprint density at radius 2 is 2.11 bits per heavy atom. The quantitative estimate of drug-likeness (QED) is 0.897. The fraction of sp³-hybridized carbons (Fsp3) is 0.462. The predicted molar refractivity (Wildman–Crippen MR) is 78.7 cm³/mol. The molecular formula is C13H17Cl2N3O. The van der Waals surface area contributed by atoms with Crippen LogP contribution in [-0.2, 0) is 4.79 Å². The minimum Gasteiger partial charge on any atom is -0.326 e. The SMILES string of the molecule is NC1CCN(CCC(=O)Nc2c(Cl)cccc2Cl)C1. The molecule has 1 atom stereocenters. The Morgan fingerprint density at radius 3 is 2.68 bits per heavy atom. The molecule has 1 heterocycles. The molecule has 0 aliphatic carbocycles. The maximum absolute atomic E-state index is 11.9. The van der Waals surface area contributed by atoms with Gasteiger partial charge in [-0.2, -0.15) is 0 Å². The van der Waals surface area contributed by atoms with Crippen molar-refractivity contribution in [2.45, 2.75) is 18.9 Å². The van der Waals surface area contributed by atoms with E-state index in [1.807, 2.05) is 0 Å². The Bertz CT molecular complexity index is 447. The zero-order valence-electron chi connectivity index (χ0n) is 10.5. The van der Waals surface area contributed by atoms with Crippen LogP contribution in [0.3, 0.4) is 0 Å². The zero-order valence-corrected chi connectivity index (χ0v) is 12.0. The second-order valence-corrected chi connectivity index (χ2v) is 5.56. The number of anilines is 1. The molecule has 0 spiro atoms. The smallest absolute Gasteiger partial charge is 0.225 e. The molecule has 1 fully saturated rings. The van der Waals surface area contributed by atoms with Crippen molar-refractivity contribution in [2.75, 3.05) is 25.0 Å². The molecule has 19 heavy (non-hydrogen) atoms. The fourth-order valence-electron chi connectivity index (χ4n) is 2.14. The van der Waals surface area contributed by atoms with E-state index in [0.717, 1.165) is 19.5 Å². The number of nitrogens with zero attached hydrogens (tertiary/aromatic N) is 1. The van der Waals surface area contributed by atoms with Gasteiger partial charge in [-0.15, -0.1) is 0 Å². The minimum atomic E-state index is -0.0875. The third-order valence-electron chi connectivity index (χ3n) is 3.19. The highest BCUT2D eigenvalue weighted by molar-refractivity contribution is 6.39. The lowest BCUT2D eigenvalue weighted by Crippen LogP contribution is -2.29. The molecule has 0 saturated carbocycles. The van der Waals surface area contributed by atoms with Crippen LogP contribution in [0.1, 0.15) is 12.8 Å². The van der Waals surface area contributed by atoms with Crippen LogP contribution in [0, 0.1) is 0 Å². The minimum absolute atomic E-state index is 0.0875. The molecule has 1 aromatic rings. The zero-order chi connectivity index (χ0) is 13.8. The number of hydrogen-bond acceptors (Lipinski definition) is 3. The van der Waals surface area contributed by atoms with E-state index >= 15 is 0 Å². The van der Waals surface area contributed by atoms with Gasteiger partial charge in [0.05, 0.1) is 15.7 Å². The van der Waals surface area contributed by atoms with Crippen molar-refractivity contribution in [3.8, 4) is 0 Å². The third kappa shape index (κ3) is 4.08. The number of para-hydroxylation sites is 1. The number of nitrogens with two attached hydrogens (primary N) is 1. The summed E-state index contributed by atoms with van der Waals surface area (Å²) in [5, 5.41) is 3.65. The Labute approximate surface area is 122 Å². The summed E-state index contributed by atoms with van der Waals surface area (Å²) in [4.78, 5) is 14.1. The van der Waals surface area contributed by atoms with Crippen molar-refractivity contribution in [3.63, 3.8) is 0 Å². The second kappa shape index (κ2) is 6.57. The van der Waals surface area contributed by atoms with Crippen LogP contribution < -0.4 is 11.1 Å². The summed E-state index contributed by atoms with van der Waals surface area (Å²) in [6.45, 7) is 2.53. The molecule has 1 aliphatic rings. The first-order valence-corrected chi connectivity index (χ1v) is 7.03. The Balaban J connectivity index is 1.84. The molecule has 1 amide bonds. The normalized spacial score (nSPS) is 19.6. The lowest BCUT2D eigenvalue weighted by molar-refractivity contribution is -0.116. The number of amides is 1. The van der Waals surface area contributed by atoms with Gasteiger partial charge >= 0.3 is 0 Å². The first-order chi connectivity index (χ1) is 9.06. The number of likely N-dealkylation sites (tertiary alicyclic amines) is 1.